The Balaban J connectivity index is 0.803. The molecule has 8 rings (SSSR count). The number of piperidine rings is 1. The molecule has 1 N–H and O–H groups in total. The SMILES string of the molecule is COc1c(N2C[C@@]3(C)CCCN[C@@]3(C)C2)c(F)cc2c(=O)c(C(=O)OCCOCCOCCOC(=O)C3CCn4c(C(=O)c5ccccc5)ccc43)cn(C3CC3)c12. The maximum Gasteiger partial charge on any atom is 0.343 e. The molecule has 1 aliphatic carbocycles. The molecule has 1 saturated carbocycles. The highest BCUT2D eigenvalue weighted by molar-refractivity contribution is 6.08. The van der Waals surface area contributed by atoms with Crippen LogP contribution in [0.3, 0.4) is 0 Å². The van der Waals surface area contributed by atoms with Crippen LogP contribution in [0.5, 0.6) is 5.75 Å². The van der Waals surface area contributed by atoms with Gasteiger partial charge < -0.3 is 43.0 Å². The number of anilines is 1. The smallest absolute Gasteiger partial charge is 0.343 e. The molecule has 0 amide bonds. The third-order valence-corrected chi connectivity index (χ3v) is 12.5. The minimum absolute atomic E-state index is 0.0481. The van der Waals surface area contributed by atoms with E-state index in [0.717, 1.165) is 37.9 Å². The number of nitrogens with one attached hydrogen (secondary N) is 1. The number of ether oxygens (including phenoxy) is 5. The number of nitrogens with zero attached hydrogens (tertiary/aromatic N) is 3. The summed E-state index contributed by atoms with van der Waals surface area (Å²) < 4.78 is 47.8. The van der Waals surface area contributed by atoms with Crippen LogP contribution in [0.1, 0.15) is 90.0 Å². The Bertz CT molecular complexity index is 2250. The molecular formula is C44H51FN4O9. The second-order valence-corrected chi connectivity index (χ2v) is 16.3. The van der Waals surface area contributed by atoms with Crippen LogP contribution in [0.4, 0.5) is 10.1 Å². The van der Waals surface area contributed by atoms with Crippen LogP contribution < -0.4 is 20.4 Å². The number of methoxy groups -OCH3 is 1. The Morgan fingerprint density at radius 3 is 2.34 bits per heavy atom. The highest BCUT2D eigenvalue weighted by Gasteiger charge is 2.54. The summed E-state index contributed by atoms with van der Waals surface area (Å²) >= 11 is 0. The van der Waals surface area contributed by atoms with E-state index in [9.17, 15) is 19.2 Å². The molecule has 0 bridgehead atoms. The fraction of sp³-hybridized carbons (Fsp3) is 0.500. The van der Waals surface area contributed by atoms with Gasteiger partial charge in [0.15, 0.2) is 11.6 Å². The average molecular weight is 799 g/mol. The Morgan fingerprint density at radius 1 is 0.914 bits per heavy atom. The molecule has 308 valence electrons. The largest absolute Gasteiger partial charge is 0.492 e. The van der Waals surface area contributed by atoms with Crippen molar-refractivity contribution < 1.29 is 42.5 Å². The second kappa shape index (κ2) is 16.3. The van der Waals surface area contributed by atoms with Gasteiger partial charge in [-0.1, -0.05) is 37.3 Å². The molecular weight excluding hydrogens is 748 g/mol. The third-order valence-electron chi connectivity index (χ3n) is 12.5. The number of esters is 2. The van der Waals surface area contributed by atoms with Gasteiger partial charge in [-0.05, 0) is 63.8 Å². The van der Waals surface area contributed by atoms with E-state index in [1.165, 1.54) is 19.4 Å². The van der Waals surface area contributed by atoms with Crippen LogP contribution in [0.2, 0.25) is 0 Å². The minimum atomic E-state index is -0.810. The molecule has 5 heterocycles. The summed E-state index contributed by atoms with van der Waals surface area (Å²) in [6.07, 6.45) is 5.89. The van der Waals surface area contributed by atoms with Gasteiger partial charge >= 0.3 is 11.9 Å². The van der Waals surface area contributed by atoms with E-state index in [-0.39, 0.29) is 79.3 Å². The van der Waals surface area contributed by atoms with Crippen molar-refractivity contribution in [3.8, 4) is 5.75 Å². The maximum absolute atomic E-state index is 16.2. The molecule has 2 saturated heterocycles. The van der Waals surface area contributed by atoms with E-state index in [1.54, 1.807) is 18.2 Å². The molecule has 3 fully saturated rings. The van der Waals surface area contributed by atoms with Crippen molar-refractivity contribution in [3.05, 3.63) is 93.3 Å². The molecule has 0 radical (unpaired) electrons. The molecule has 58 heavy (non-hydrogen) atoms. The van der Waals surface area contributed by atoms with E-state index < -0.39 is 23.1 Å². The van der Waals surface area contributed by atoms with Gasteiger partial charge in [-0.2, -0.15) is 0 Å². The highest BCUT2D eigenvalue weighted by Crippen LogP contribution is 2.50. The van der Waals surface area contributed by atoms with E-state index >= 15 is 4.39 Å². The van der Waals surface area contributed by atoms with Crippen LogP contribution in [0.15, 0.2) is 59.5 Å². The monoisotopic (exact) mass is 798 g/mol. The number of pyridine rings is 1. The van der Waals surface area contributed by atoms with Crippen molar-refractivity contribution >= 4 is 34.3 Å². The lowest BCUT2D eigenvalue weighted by Gasteiger charge is -2.44. The fourth-order valence-electron chi connectivity index (χ4n) is 9.08. The van der Waals surface area contributed by atoms with Crippen molar-refractivity contribution in [2.75, 3.05) is 71.3 Å². The van der Waals surface area contributed by atoms with Gasteiger partial charge in [0.25, 0.3) is 0 Å². The van der Waals surface area contributed by atoms with Crippen molar-refractivity contribution in [2.24, 2.45) is 5.41 Å². The van der Waals surface area contributed by atoms with Gasteiger partial charge in [-0.3, -0.25) is 14.4 Å². The molecule has 3 atom stereocenters. The maximum atomic E-state index is 16.2. The Morgan fingerprint density at radius 2 is 1.64 bits per heavy atom. The Hall–Kier alpha value is -5.05. The van der Waals surface area contributed by atoms with Crippen molar-refractivity contribution in [1.29, 1.82) is 0 Å². The normalized spacial score (nSPS) is 22.5. The van der Waals surface area contributed by atoms with Gasteiger partial charge in [-0.25, -0.2) is 9.18 Å². The molecule has 13 nitrogen and oxygen atoms in total. The molecule has 4 aromatic rings. The molecule has 14 heteroatoms. The average Bonchev–Trinajstić information content (AvgIpc) is 3.74. The van der Waals surface area contributed by atoms with Crippen molar-refractivity contribution in [3.63, 3.8) is 0 Å². The number of benzene rings is 2. The predicted octanol–water partition coefficient (Wildman–Crippen LogP) is 5.41. The first-order chi connectivity index (χ1) is 28.0. The number of halogens is 1. The van der Waals surface area contributed by atoms with Crippen LogP contribution in [-0.2, 0) is 30.3 Å². The number of hydrogen-bond acceptors (Lipinski definition) is 11. The predicted molar refractivity (Wildman–Crippen MR) is 213 cm³/mol. The number of ketones is 1. The number of hydrogen-bond donors (Lipinski definition) is 1. The van der Waals surface area contributed by atoms with Crippen molar-refractivity contribution in [2.45, 2.75) is 70.0 Å². The first-order valence-electron chi connectivity index (χ1n) is 20.3. The number of rotatable bonds is 16. The van der Waals surface area contributed by atoms with E-state index in [4.69, 9.17) is 23.7 Å². The van der Waals surface area contributed by atoms with E-state index in [2.05, 4.69) is 19.2 Å². The lowest BCUT2D eigenvalue weighted by molar-refractivity contribution is -0.147. The molecule has 2 aromatic heterocycles. The van der Waals surface area contributed by atoms with Gasteiger partial charge in [0.05, 0.1) is 56.1 Å². The standard InChI is InChI=1S/C44H51FN4O9/c1-43-15-7-16-46-44(43,2)27-47(26-43)37-33(45)24-31-36(40(37)54-3)49(29-10-11-29)25-32(39(31)51)42(53)58-23-21-56-19-18-55-20-22-57-41(52)30-14-17-48-34(30)12-13-35(48)38(50)28-8-5-4-6-9-28/h4-6,8-9,12-13,24-25,29-30,46H,7,10-11,14-23,26-27H2,1-3H3/t30?,43-,44+/m1/s1. The molecule has 1 unspecified atom stereocenters. The van der Waals surface area contributed by atoms with Gasteiger partial charge in [0.1, 0.15) is 24.5 Å². The quantitative estimate of drug-likeness (QED) is 0.0886. The summed E-state index contributed by atoms with van der Waals surface area (Å²) in [7, 11) is 1.50. The first-order valence-corrected chi connectivity index (χ1v) is 20.3. The molecule has 2 aromatic carbocycles. The summed E-state index contributed by atoms with van der Waals surface area (Å²) in [5.41, 5.74) is 1.72. The van der Waals surface area contributed by atoms with Crippen molar-refractivity contribution in [1.82, 2.24) is 14.5 Å². The minimum Gasteiger partial charge on any atom is -0.492 e. The highest BCUT2D eigenvalue weighted by atomic mass is 19.1. The molecule has 3 aliphatic heterocycles. The second-order valence-electron chi connectivity index (χ2n) is 16.3. The number of fused-ring (bicyclic) bond motifs is 3. The van der Waals surface area contributed by atoms with Crippen LogP contribution in [0.25, 0.3) is 10.9 Å². The van der Waals surface area contributed by atoms with Gasteiger partial charge in [0.2, 0.25) is 11.2 Å². The van der Waals surface area contributed by atoms with E-state index in [1.807, 2.05) is 38.3 Å². The van der Waals surface area contributed by atoms with Crippen LogP contribution >= 0.6 is 0 Å². The summed E-state index contributed by atoms with van der Waals surface area (Å²) in [6, 6.07) is 13.9. The number of aromatic nitrogens is 2. The Labute approximate surface area is 336 Å². The fourth-order valence-corrected chi connectivity index (χ4v) is 9.08. The van der Waals surface area contributed by atoms with Crippen LogP contribution in [0, 0.1) is 11.2 Å². The van der Waals surface area contributed by atoms with Gasteiger partial charge in [0, 0.05) is 54.1 Å². The zero-order valence-electron chi connectivity index (χ0n) is 33.4. The lowest BCUT2D eigenvalue weighted by atomic mass is 9.69. The molecule has 0 spiro atoms. The number of carbonyl (C=O) groups excluding carboxylic acids is 3. The summed E-state index contributed by atoms with van der Waals surface area (Å²) in [5, 5.41) is 3.75. The first kappa shape index (κ1) is 39.8. The van der Waals surface area contributed by atoms with Crippen LogP contribution in [-0.4, -0.2) is 98.8 Å². The summed E-state index contributed by atoms with van der Waals surface area (Å²) in [5.74, 6) is -1.96. The number of carbonyl (C=O) groups is 3. The zero-order valence-corrected chi connectivity index (χ0v) is 33.4. The molecule has 4 aliphatic rings. The zero-order chi connectivity index (χ0) is 40.6. The Kier molecular flexibility index (Phi) is 11.2. The topological polar surface area (TPSA) is 140 Å². The summed E-state index contributed by atoms with van der Waals surface area (Å²) in [6.45, 7) is 7.80. The lowest BCUT2D eigenvalue weighted by Crippen LogP contribution is -2.58. The van der Waals surface area contributed by atoms with Gasteiger partial charge in [-0.15, -0.1) is 0 Å². The van der Waals surface area contributed by atoms with E-state index in [0.29, 0.717) is 54.3 Å². The third kappa shape index (κ3) is 7.41. The summed E-state index contributed by atoms with van der Waals surface area (Å²) in [4.78, 5) is 54.9.